The third kappa shape index (κ3) is 5.66. The minimum Gasteiger partial charge on any atom is -0.340 e. The van der Waals surface area contributed by atoms with E-state index < -0.39 is 0 Å². The Bertz CT molecular complexity index is 455. The molecule has 0 atom stereocenters. The van der Waals surface area contributed by atoms with Crippen molar-refractivity contribution in [2.24, 2.45) is 5.73 Å². The van der Waals surface area contributed by atoms with Gasteiger partial charge < -0.3 is 10.6 Å². The van der Waals surface area contributed by atoms with E-state index in [1.807, 2.05) is 18.0 Å². The molecule has 2 rings (SSSR count). The largest absolute Gasteiger partial charge is 0.340 e. The van der Waals surface area contributed by atoms with Crippen molar-refractivity contribution in [3.8, 4) is 0 Å². The average molecular weight is 324 g/mol. The first-order valence-corrected chi connectivity index (χ1v) is 9.12. The number of rotatable bonds is 8. The van der Waals surface area contributed by atoms with E-state index in [9.17, 15) is 4.79 Å². The number of amides is 1. The molecule has 1 aliphatic rings. The number of nitrogens with two attached hydrogens (primary N) is 1. The van der Waals surface area contributed by atoms with Gasteiger partial charge in [-0.3, -0.25) is 9.69 Å². The molecule has 1 saturated heterocycles. The first kappa shape index (κ1) is 17.4. The number of hydrogen-bond acceptors (Lipinski definition) is 5. The van der Waals surface area contributed by atoms with Gasteiger partial charge in [0.25, 0.3) is 0 Å². The zero-order valence-electron chi connectivity index (χ0n) is 13.6. The molecule has 0 aromatic carbocycles. The minimum absolute atomic E-state index is 0.320. The normalized spacial score (nSPS) is 16.2. The Hall–Kier alpha value is -0.980. The van der Waals surface area contributed by atoms with Gasteiger partial charge in [-0.2, -0.15) is 0 Å². The lowest BCUT2D eigenvalue weighted by molar-refractivity contribution is -0.133. The maximum Gasteiger partial charge on any atom is 0.222 e. The molecular weight excluding hydrogens is 296 g/mol. The summed E-state index contributed by atoms with van der Waals surface area (Å²) in [5.41, 5.74) is 5.47. The van der Waals surface area contributed by atoms with Crippen molar-refractivity contribution in [2.45, 2.75) is 45.6 Å². The summed E-state index contributed by atoms with van der Waals surface area (Å²) < 4.78 is 0. The van der Waals surface area contributed by atoms with Gasteiger partial charge in [0.1, 0.15) is 0 Å². The molecule has 0 saturated carbocycles. The van der Waals surface area contributed by atoms with E-state index >= 15 is 0 Å². The highest BCUT2D eigenvalue weighted by molar-refractivity contribution is 7.11. The van der Waals surface area contributed by atoms with E-state index in [1.165, 1.54) is 4.88 Å². The van der Waals surface area contributed by atoms with Crippen molar-refractivity contribution in [3.63, 3.8) is 0 Å². The summed E-state index contributed by atoms with van der Waals surface area (Å²) in [5.74, 6) is 0.320. The van der Waals surface area contributed by atoms with Gasteiger partial charge in [0, 0.05) is 50.2 Å². The lowest BCUT2D eigenvalue weighted by Gasteiger charge is -2.34. The van der Waals surface area contributed by atoms with E-state index in [1.54, 1.807) is 11.3 Å². The third-order valence-corrected chi connectivity index (χ3v) is 5.02. The Labute approximate surface area is 137 Å². The Morgan fingerprint density at radius 3 is 2.59 bits per heavy atom. The molecule has 2 heterocycles. The summed E-state index contributed by atoms with van der Waals surface area (Å²) in [6.45, 7) is 7.42. The summed E-state index contributed by atoms with van der Waals surface area (Å²) >= 11 is 1.76. The number of aryl methyl sites for hydroxylation is 1. The van der Waals surface area contributed by atoms with Gasteiger partial charge in [0.15, 0.2) is 0 Å². The SMILES string of the molecule is Cc1ncc(CN2CCN(C(=O)CCCCCCN)CC2)s1. The van der Waals surface area contributed by atoms with Crippen LogP contribution >= 0.6 is 11.3 Å². The summed E-state index contributed by atoms with van der Waals surface area (Å²) in [5, 5.41) is 1.12. The first-order valence-electron chi connectivity index (χ1n) is 8.30. The molecule has 22 heavy (non-hydrogen) atoms. The molecule has 0 aliphatic carbocycles. The highest BCUT2D eigenvalue weighted by atomic mass is 32.1. The quantitative estimate of drug-likeness (QED) is 0.743. The van der Waals surface area contributed by atoms with Crippen molar-refractivity contribution >= 4 is 17.2 Å². The molecule has 0 radical (unpaired) electrons. The predicted octanol–water partition coefficient (Wildman–Crippen LogP) is 2.00. The number of carbonyl (C=O) groups excluding carboxylic acids is 1. The molecule has 6 heteroatoms. The third-order valence-electron chi connectivity index (χ3n) is 4.12. The molecule has 1 aliphatic heterocycles. The minimum atomic E-state index is 0.320. The molecule has 0 bridgehead atoms. The maximum absolute atomic E-state index is 12.2. The second-order valence-electron chi connectivity index (χ2n) is 5.96. The lowest BCUT2D eigenvalue weighted by Crippen LogP contribution is -2.48. The fourth-order valence-electron chi connectivity index (χ4n) is 2.79. The van der Waals surface area contributed by atoms with Crippen LogP contribution in [0.15, 0.2) is 6.20 Å². The summed E-state index contributed by atoms with van der Waals surface area (Å²) in [7, 11) is 0. The standard InChI is InChI=1S/C16H28N4OS/c1-14-18-12-15(22-14)13-19-8-10-20(11-9-19)16(21)6-4-2-3-5-7-17/h12H,2-11,13,17H2,1H3. The number of hydrogen-bond donors (Lipinski definition) is 1. The highest BCUT2D eigenvalue weighted by Crippen LogP contribution is 2.16. The first-order chi connectivity index (χ1) is 10.7. The van der Waals surface area contributed by atoms with E-state index in [2.05, 4.69) is 9.88 Å². The average Bonchev–Trinajstić information content (AvgIpc) is 2.93. The second kappa shape index (κ2) is 9.22. The summed E-state index contributed by atoms with van der Waals surface area (Å²) in [4.78, 5) is 22.2. The Balaban J connectivity index is 1.62. The van der Waals surface area contributed by atoms with Gasteiger partial charge in [-0.15, -0.1) is 11.3 Å². The topological polar surface area (TPSA) is 62.5 Å². The highest BCUT2D eigenvalue weighted by Gasteiger charge is 2.21. The van der Waals surface area contributed by atoms with Gasteiger partial charge >= 0.3 is 0 Å². The maximum atomic E-state index is 12.2. The van der Waals surface area contributed by atoms with Crippen molar-refractivity contribution in [1.82, 2.24) is 14.8 Å². The van der Waals surface area contributed by atoms with Crippen molar-refractivity contribution in [3.05, 3.63) is 16.1 Å². The van der Waals surface area contributed by atoms with E-state index in [-0.39, 0.29) is 0 Å². The zero-order valence-corrected chi connectivity index (χ0v) is 14.4. The number of aromatic nitrogens is 1. The van der Waals surface area contributed by atoms with Crippen LogP contribution in [0, 0.1) is 6.92 Å². The monoisotopic (exact) mass is 324 g/mol. The van der Waals surface area contributed by atoms with Gasteiger partial charge in [0.05, 0.1) is 5.01 Å². The van der Waals surface area contributed by atoms with Crippen molar-refractivity contribution < 1.29 is 4.79 Å². The Kier molecular flexibility index (Phi) is 7.29. The fourth-order valence-corrected chi connectivity index (χ4v) is 3.62. The Morgan fingerprint density at radius 1 is 1.23 bits per heavy atom. The number of thiazole rings is 1. The van der Waals surface area contributed by atoms with Gasteiger partial charge in [-0.1, -0.05) is 12.8 Å². The van der Waals surface area contributed by atoms with Gasteiger partial charge in [0.2, 0.25) is 5.91 Å². The predicted molar refractivity (Wildman–Crippen MR) is 90.8 cm³/mol. The summed E-state index contributed by atoms with van der Waals surface area (Å²) in [6, 6.07) is 0. The molecule has 2 N–H and O–H groups in total. The van der Waals surface area contributed by atoms with Crippen LogP contribution in [0.4, 0.5) is 0 Å². The van der Waals surface area contributed by atoms with Crippen molar-refractivity contribution in [1.29, 1.82) is 0 Å². The van der Waals surface area contributed by atoms with Crippen LogP contribution < -0.4 is 5.73 Å². The Morgan fingerprint density at radius 2 is 1.95 bits per heavy atom. The second-order valence-corrected chi connectivity index (χ2v) is 7.27. The van der Waals surface area contributed by atoms with Crippen molar-refractivity contribution in [2.75, 3.05) is 32.7 Å². The number of nitrogens with zero attached hydrogens (tertiary/aromatic N) is 3. The van der Waals surface area contributed by atoms with Crippen LogP contribution in [0.3, 0.4) is 0 Å². The fraction of sp³-hybridized carbons (Fsp3) is 0.750. The molecule has 0 unspecified atom stereocenters. The lowest BCUT2D eigenvalue weighted by atomic mass is 10.1. The molecule has 0 spiro atoms. The van der Waals surface area contributed by atoms with Crippen LogP contribution in [0.5, 0.6) is 0 Å². The zero-order chi connectivity index (χ0) is 15.8. The van der Waals surface area contributed by atoms with Crippen LogP contribution in [0.2, 0.25) is 0 Å². The van der Waals surface area contributed by atoms with Crippen LogP contribution in [-0.4, -0.2) is 53.4 Å². The molecule has 124 valence electrons. The van der Waals surface area contributed by atoms with Crippen LogP contribution in [0.25, 0.3) is 0 Å². The molecule has 1 amide bonds. The molecule has 1 fully saturated rings. The molecular formula is C16H28N4OS. The molecule has 5 nitrogen and oxygen atoms in total. The smallest absolute Gasteiger partial charge is 0.222 e. The molecule has 1 aromatic heterocycles. The number of piperazine rings is 1. The van der Waals surface area contributed by atoms with E-state index in [0.29, 0.717) is 12.3 Å². The van der Waals surface area contributed by atoms with Crippen LogP contribution in [-0.2, 0) is 11.3 Å². The van der Waals surface area contributed by atoms with Gasteiger partial charge in [-0.25, -0.2) is 4.98 Å². The van der Waals surface area contributed by atoms with Gasteiger partial charge in [-0.05, 0) is 26.3 Å². The number of unbranched alkanes of at least 4 members (excludes halogenated alkanes) is 3. The molecule has 1 aromatic rings. The summed E-state index contributed by atoms with van der Waals surface area (Å²) in [6.07, 6.45) is 7.00. The van der Waals surface area contributed by atoms with E-state index in [0.717, 1.165) is 70.0 Å². The van der Waals surface area contributed by atoms with E-state index in [4.69, 9.17) is 5.73 Å². The van der Waals surface area contributed by atoms with Crippen LogP contribution in [0.1, 0.15) is 42.0 Å². The number of carbonyl (C=O) groups is 1.